The van der Waals surface area contributed by atoms with Crippen molar-refractivity contribution in [2.75, 3.05) is 26.3 Å². The van der Waals surface area contributed by atoms with Gasteiger partial charge in [-0.25, -0.2) is 0 Å². The quantitative estimate of drug-likeness (QED) is 0.554. The molecule has 1 aliphatic carbocycles. The molecular formula is C11H22N2O2. The van der Waals surface area contributed by atoms with Gasteiger partial charge in [-0.3, -0.25) is 4.79 Å². The zero-order valence-electron chi connectivity index (χ0n) is 9.34. The number of hydrogen-bond donors (Lipinski definition) is 2. The molecule has 1 fully saturated rings. The Balaban J connectivity index is 1.78. The lowest BCUT2D eigenvalue weighted by Gasteiger charge is -2.05. The summed E-state index contributed by atoms with van der Waals surface area (Å²) < 4.78 is 5.40. The second-order valence-corrected chi connectivity index (χ2v) is 4.11. The Kier molecular flexibility index (Phi) is 6.36. The number of ether oxygens (including phenoxy) is 1. The Hall–Kier alpha value is -0.610. The first-order valence-electron chi connectivity index (χ1n) is 5.87. The Morgan fingerprint density at radius 1 is 1.40 bits per heavy atom. The minimum Gasteiger partial charge on any atom is -0.379 e. The summed E-state index contributed by atoms with van der Waals surface area (Å²) in [6.07, 6.45) is 5.01. The Morgan fingerprint density at radius 2 is 2.20 bits per heavy atom. The molecule has 3 N–H and O–H groups in total. The molecular weight excluding hydrogens is 192 g/mol. The predicted octanol–water partition coefficient (Wildman–Crippen LogP) is 0.658. The first-order chi connectivity index (χ1) is 7.33. The van der Waals surface area contributed by atoms with Crippen LogP contribution < -0.4 is 11.1 Å². The van der Waals surface area contributed by atoms with Crippen LogP contribution >= 0.6 is 0 Å². The number of rotatable bonds is 9. The lowest BCUT2D eigenvalue weighted by molar-refractivity contribution is -0.121. The van der Waals surface area contributed by atoms with Crippen LogP contribution in [-0.4, -0.2) is 32.2 Å². The summed E-state index contributed by atoms with van der Waals surface area (Å²) in [5.41, 5.74) is 5.34. The molecule has 88 valence electrons. The van der Waals surface area contributed by atoms with Gasteiger partial charge < -0.3 is 15.8 Å². The highest BCUT2D eigenvalue weighted by molar-refractivity contribution is 5.75. The van der Waals surface area contributed by atoms with Crippen molar-refractivity contribution in [3.05, 3.63) is 0 Å². The third-order valence-electron chi connectivity index (χ3n) is 2.48. The second-order valence-electron chi connectivity index (χ2n) is 4.11. The lowest BCUT2D eigenvalue weighted by atomic mass is 10.2. The molecule has 4 heteroatoms. The average molecular weight is 214 g/mol. The normalized spacial score (nSPS) is 15.3. The van der Waals surface area contributed by atoms with Crippen LogP contribution in [0.15, 0.2) is 0 Å². The van der Waals surface area contributed by atoms with Gasteiger partial charge in [-0.1, -0.05) is 0 Å². The van der Waals surface area contributed by atoms with E-state index in [9.17, 15) is 4.79 Å². The van der Waals surface area contributed by atoms with Gasteiger partial charge in [0.25, 0.3) is 0 Å². The highest BCUT2D eigenvalue weighted by Crippen LogP contribution is 2.28. The fourth-order valence-corrected chi connectivity index (χ4v) is 1.32. The SMILES string of the molecule is NCCCCC(=O)NCCOCC1CC1. The molecule has 0 atom stereocenters. The summed E-state index contributed by atoms with van der Waals surface area (Å²) in [6.45, 7) is 2.80. The molecule has 15 heavy (non-hydrogen) atoms. The molecule has 1 amide bonds. The van der Waals surface area contributed by atoms with E-state index in [-0.39, 0.29) is 5.91 Å². The molecule has 0 heterocycles. The fraction of sp³-hybridized carbons (Fsp3) is 0.909. The molecule has 0 aromatic heterocycles. The van der Waals surface area contributed by atoms with E-state index in [1.54, 1.807) is 0 Å². The van der Waals surface area contributed by atoms with Crippen LogP contribution in [0.4, 0.5) is 0 Å². The first kappa shape index (κ1) is 12.5. The minimum absolute atomic E-state index is 0.110. The number of hydrogen-bond acceptors (Lipinski definition) is 3. The van der Waals surface area contributed by atoms with Crippen molar-refractivity contribution in [2.45, 2.75) is 32.1 Å². The smallest absolute Gasteiger partial charge is 0.220 e. The van der Waals surface area contributed by atoms with Crippen LogP contribution in [0.25, 0.3) is 0 Å². The summed E-state index contributed by atoms with van der Waals surface area (Å²) in [4.78, 5) is 11.2. The third-order valence-corrected chi connectivity index (χ3v) is 2.48. The van der Waals surface area contributed by atoms with E-state index in [0.29, 0.717) is 26.1 Å². The van der Waals surface area contributed by atoms with Gasteiger partial charge in [-0.05, 0) is 38.1 Å². The van der Waals surface area contributed by atoms with Crippen LogP contribution in [0.1, 0.15) is 32.1 Å². The molecule has 0 spiro atoms. The van der Waals surface area contributed by atoms with Crippen LogP contribution in [-0.2, 0) is 9.53 Å². The van der Waals surface area contributed by atoms with E-state index in [1.807, 2.05) is 0 Å². The number of carbonyl (C=O) groups is 1. The van der Waals surface area contributed by atoms with Crippen molar-refractivity contribution in [1.82, 2.24) is 5.32 Å². The molecule has 1 aliphatic rings. The van der Waals surface area contributed by atoms with E-state index >= 15 is 0 Å². The Labute approximate surface area is 91.5 Å². The summed E-state index contributed by atoms with van der Waals surface area (Å²) in [5.74, 6) is 0.906. The predicted molar refractivity (Wildman–Crippen MR) is 59.5 cm³/mol. The summed E-state index contributed by atoms with van der Waals surface area (Å²) in [5, 5.41) is 2.83. The van der Waals surface area contributed by atoms with Crippen LogP contribution in [0.5, 0.6) is 0 Å². The molecule has 0 bridgehead atoms. The molecule has 0 saturated heterocycles. The number of unbranched alkanes of at least 4 members (excludes halogenated alkanes) is 1. The highest BCUT2D eigenvalue weighted by atomic mass is 16.5. The molecule has 1 saturated carbocycles. The topological polar surface area (TPSA) is 64.4 Å². The zero-order chi connectivity index (χ0) is 10.9. The van der Waals surface area contributed by atoms with E-state index in [1.165, 1.54) is 12.8 Å². The van der Waals surface area contributed by atoms with Crippen molar-refractivity contribution < 1.29 is 9.53 Å². The van der Waals surface area contributed by atoms with E-state index < -0.39 is 0 Å². The monoisotopic (exact) mass is 214 g/mol. The van der Waals surface area contributed by atoms with Crippen LogP contribution in [0.2, 0.25) is 0 Å². The summed E-state index contributed by atoms with van der Waals surface area (Å²) in [7, 11) is 0. The van der Waals surface area contributed by atoms with E-state index in [2.05, 4.69) is 5.32 Å². The molecule has 0 unspecified atom stereocenters. The number of nitrogens with two attached hydrogens (primary N) is 1. The van der Waals surface area contributed by atoms with Crippen molar-refractivity contribution in [3.63, 3.8) is 0 Å². The average Bonchev–Trinajstić information content (AvgIpc) is 3.02. The van der Waals surface area contributed by atoms with Gasteiger partial charge in [-0.2, -0.15) is 0 Å². The number of carbonyl (C=O) groups excluding carboxylic acids is 1. The maximum atomic E-state index is 11.2. The van der Waals surface area contributed by atoms with Crippen molar-refractivity contribution in [1.29, 1.82) is 0 Å². The highest BCUT2D eigenvalue weighted by Gasteiger charge is 2.20. The standard InChI is InChI=1S/C11H22N2O2/c12-6-2-1-3-11(14)13-7-8-15-9-10-4-5-10/h10H,1-9,12H2,(H,13,14). The van der Waals surface area contributed by atoms with Gasteiger partial charge in [0.2, 0.25) is 5.91 Å². The van der Waals surface area contributed by atoms with Crippen molar-refractivity contribution in [2.24, 2.45) is 11.7 Å². The van der Waals surface area contributed by atoms with Gasteiger partial charge in [-0.15, -0.1) is 0 Å². The van der Waals surface area contributed by atoms with Crippen LogP contribution in [0, 0.1) is 5.92 Å². The second kappa shape index (κ2) is 7.65. The summed E-state index contributed by atoms with van der Waals surface area (Å²) >= 11 is 0. The first-order valence-corrected chi connectivity index (χ1v) is 5.87. The van der Waals surface area contributed by atoms with Crippen molar-refractivity contribution in [3.8, 4) is 0 Å². The molecule has 4 nitrogen and oxygen atoms in total. The third kappa shape index (κ3) is 7.33. The van der Waals surface area contributed by atoms with Gasteiger partial charge in [0.15, 0.2) is 0 Å². The van der Waals surface area contributed by atoms with Crippen molar-refractivity contribution >= 4 is 5.91 Å². The molecule has 0 aromatic rings. The van der Waals surface area contributed by atoms with Crippen LogP contribution in [0.3, 0.4) is 0 Å². The van der Waals surface area contributed by atoms with E-state index in [4.69, 9.17) is 10.5 Å². The number of amides is 1. The Bertz CT molecular complexity index is 181. The number of nitrogens with one attached hydrogen (secondary N) is 1. The fourth-order valence-electron chi connectivity index (χ4n) is 1.32. The van der Waals surface area contributed by atoms with Gasteiger partial charge >= 0.3 is 0 Å². The Morgan fingerprint density at radius 3 is 2.87 bits per heavy atom. The largest absolute Gasteiger partial charge is 0.379 e. The zero-order valence-corrected chi connectivity index (χ0v) is 9.34. The maximum absolute atomic E-state index is 11.2. The lowest BCUT2D eigenvalue weighted by Crippen LogP contribution is -2.27. The van der Waals surface area contributed by atoms with Gasteiger partial charge in [0.1, 0.15) is 0 Å². The maximum Gasteiger partial charge on any atom is 0.220 e. The minimum atomic E-state index is 0.110. The van der Waals surface area contributed by atoms with Gasteiger partial charge in [0, 0.05) is 19.6 Å². The summed E-state index contributed by atoms with van der Waals surface area (Å²) in [6, 6.07) is 0. The molecule has 0 radical (unpaired) electrons. The molecule has 1 rings (SSSR count). The van der Waals surface area contributed by atoms with Gasteiger partial charge in [0.05, 0.1) is 6.61 Å². The molecule has 0 aromatic carbocycles. The van der Waals surface area contributed by atoms with E-state index in [0.717, 1.165) is 25.4 Å². The molecule has 0 aliphatic heterocycles.